The van der Waals surface area contributed by atoms with Crippen molar-refractivity contribution in [1.29, 1.82) is 0 Å². The smallest absolute Gasteiger partial charge is 0.0601 e. The van der Waals surface area contributed by atoms with Crippen molar-refractivity contribution in [3.8, 4) is 0 Å². The minimum absolute atomic E-state index is 0.531. The van der Waals surface area contributed by atoms with Crippen LogP contribution in [0.1, 0.15) is 51.9 Å². The highest BCUT2D eigenvalue weighted by Crippen LogP contribution is 2.28. The van der Waals surface area contributed by atoms with Gasteiger partial charge in [-0.2, -0.15) is 0 Å². The fourth-order valence-corrected chi connectivity index (χ4v) is 2.94. The lowest BCUT2D eigenvalue weighted by atomic mass is 9.86. The van der Waals surface area contributed by atoms with E-state index in [-0.39, 0.29) is 0 Å². The molecule has 1 N–H and O–H groups in total. The molecule has 2 aliphatic carbocycles. The van der Waals surface area contributed by atoms with Gasteiger partial charge in [-0.05, 0) is 31.6 Å². The first-order chi connectivity index (χ1) is 7.29. The van der Waals surface area contributed by atoms with E-state index in [2.05, 4.69) is 12.2 Å². The van der Waals surface area contributed by atoms with Crippen molar-refractivity contribution >= 4 is 0 Å². The highest BCUT2D eigenvalue weighted by atomic mass is 16.5. The normalized spacial score (nSPS) is 42.0. The van der Waals surface area contributed by atoms with E-state index in [4.69, 9.17) is 4.74 Å². The zero-order valence-corrected chi connectivity index (χ0v) is 10.2. The Labute approximate surface area is 93.8 Å². The highest BCUT2D eigenvalue weighted by molar-refractivity contribution is 4.89. The van der Waals surface area contributed by atoms with Crippen LogP contribution in [-0.4, -0.2) is 25.3 Å². The predicted octanol–water partition coefficient (Wildman–Crippen LogP) is 2.72. The summed E-state index contributed by atoms with van der Waals surface area (Å²) in [4.78, 5) is 0. The van der Waals surface area contributed by atoms with Crippen LogP contribution >= 0.6 is 0 Å². The van der Waals surface area contributed by atoms with Crippen LogP contribution < -0.4 is 5.32 Å². The predicted molar refractivity (Wildman–Crippen MR) is 63.0 cm³/mol. The number of ether oxygens (including phenoxy) is 1. The molecule has 88 valence electrons. The molecule has 0 bridgehead atoms. The van der Waals surface area contributed by atoms with Crippen molar-refractivity contribution in [2.24, 2.45) is 5.92 Å². The molecule has 0 radical (unpaired) electrons. The van der Waals surface area contributed by atoms with Crippen LogP contribution in [0, 0.1) is 5.92 Å². The molecule has 2 heteroatoms. The first-order valence-corrected chi connectivity index (χ1v) is 6.58. The number of rotatable bonds is 3. The molecule has 2 saturated carbocycles. The van der Waals surface area contributed by atoms with Crippen LogP contribution in [-0.2, 0) is 4.74 Å². The standard InChI is InChI=1S/C13H25NO/c1-10-6-4-3-5-7-13(10)14-11-8-12(9-11)15-2/h10-14H,3-9H2,1-2H3. The van der Waals surface area contributed by atoms with Gasteiger partial charge in [-0.15, -0.1) is 0 Å². The van der Waals surface area contributed by atoms with Crippen LogP contribution in [0.15, 0.2) is 0 Å². The Morgan fingerprint density at radius 1 is 1.07 bits per heavy atom. The molecule has 2 atom stereocenters. The van der Waals surface area contributed by atoms with Gasteiger partial charge in [0, 0.05) is 19.2 Å². The zero-order valence-electron chi connectivity index (χ0n) is 10.2. The van der Waals surface area contributed by atoms with Gasteiger partial charge in [-0.25, -0.2) is 0 Å². The molecular weight excluding hydrogens is 186 g/mol. The van der Waals surface area contributed by atoms with Crippen LogP contribution in [0.3, 0.4) is 0 Å². The summed E-state index contributed by atoms with van der Waals surface area (Å²) in [6.07, 6.45) is 10.1. The quantitative estimate of drug-likeness (QED) is 0.725. The van der Waals surface area contributed by atoms with Gasteiger partial charge in [0.25, 0.3) is 0 Å². The van der Waals surface area contributed by atoms with Gasteiger partial charge >= 0.3 is 0 Å². The third-order valence-corrected chi connectivity index (χ3v) is 4.24. The van der Waals surface area contributed by atoms with Gasteiger partial charge in [-0.3, -0.25) is 0 Å². The summed E-state index contributed by atoms with van der Waals surface area (Å²) in [5.41, 5.74) is 0. The van der Waals surface area contributed by atoms with Crippen molar-refractivity contribution < 1.29 is 4.74 Å². The van der Waals surface area contributed by atoms with E-state index in [1.807, 2.05) is 7.11 Å². The molecule has 2 unspecified atom stereocenters. The minimum atomic E-state index is 0.531. The Hall–Kier alpha value is -0.0800. The van der Waals surface area contributed by atoms with Gasteiger partial charge in [0.05, 0.1) is 6.10 Å². The summed E-state index contributed by atoms with van der Waals surface area (Å²) < 4.78 is 5.32. The number of hydrogen-bond acceptors (Lipinski definition) is 2. The maximum absolute atomic E-state index is 5.32. The third kappa shape index (κ3) is 2.94. The average Bonchev–Trinajstić information content (AvgIpc) is 2.37. The Bertz CT molecular complexity index is 189. The van der Waals surface area contributed by atoms with Gasteiger partial charge < -0.3 is 10.1 Å². The van der Waals surface area contributed by atoms with Gasteiger partial charge in [0.15, 0.2) is 0 Å². The van der Waals surface area contributed by atoms with Crippen molar-refractivity contribution in [1.82, 2.24) is 5.32 Å². The zero-order chi connectivity index (χ0) is 10.7. The average molecular weight is 211 g/mol. The molecule has 15 heavy (non-hydrogen) atoms. The van der Waals surface area contributed by atoms with Crippen LogP contribution in [0.2, 0.25) is 0 Å². The van der Waals surface area contributed by atoms with Gasteiger partial charge in [0.1, 0.15) is 0 Å². The largest absolute Gasteiger partial charge is 0.381 e. The lowest BCUT2D eigenvalue weighted by Gasteiger charge is -2.38. The molecule has 2 rings (SSSR count). The third-order valence-electron chi connectivity index (χ3n) is 4.24. The summed E-state index contributed by atoms with van der Waals surface area (Å²) in [5.74, 6) is 0.870. The lowest BCUT2D eigenvalue weighted by molar-refractivity contribution is 0.0118. The number of hydrogen-bond donors (Lipinski definition) is 1. The van der Waals surface area contributed by atoms with E-state index in [1.54, 1.807) is 0 Å². The van der Waals surface area contributed by atoms with Gasteiger partial charge in [0.2, 0.25) is 0 Å². The van der Waals surface area contributed by atoms with E-state index >= 15 is 0 Å². The molecule has 0 aromatic carbocycles. The topological polar surface area (TPSA) is 21.3 Å². The summed E-state index contributed by atoms with van der Waals surface area (Å²) >= 11 is 0. The molecule has 0 aliphatic heterocycles. The molecule has 2 aliphatic rings. The van der Waals surface area contributed by atoms with Crippen LogP contribution in [0.4, 0.5) is 0 Å². The van der Waals surface area contributed by atoms with E-state index in [1.165, 1.54) is 44.9 Å². The summed E-state index contributed by atoms with van der Waals surface area (Å²) in [6.45, 7) is 2.41. The van der Waals surface area contributed by atoms with Crippen LogP contribution in [0.5, 0.6) is 0 Å². The monoisotopic (exact) mass is 211 g/mol. The van der Waals surface area contributed by atoms with Gasteiger partial charge in [-0.1, -0.05) is 26.2 Å². The van der Waals surface area contributed by atoms with Crippen molar-refractivity contribution in [2.45, 2.75) is 70.1 Å². The molecular formula is C13H25NO. The molecule has 0 heterocycles. The Morgan fingerprint density at radius 3 is 2.53 bits per heavy atom. The fourth-order valence-electron chi connectivity index (χ4n) is 2.94. The molecule has 0 aromatic rings. The minimum Gasteiger partial charge on any atom is -0.381 e. The summed E-state index contributed by atoms with van der Waals surface area (Å²) in [7, 11) is 1.83. The fraction of sp³-hybridized carbons (Fsp3) is 1.00. The van der Waals surface area contributed by atoms with E-state index < -0.39 is 0 Å². The summed E-state index contributed by atoms with van der Waals surface area (Å²) in [5, 5.41) is 3.83. The SMILES string of the molecule is COC1CC(NC2CCCCCC2C)C1. The first kappa shape index (κ1) is 11.4. The maximum atomic E-state index is 5.32. The molecule has 2 fully saturated rings. The Morgan fingerprint density at radius 2 is 1.80 bits per heavy atom. The second-order valence-corrected chi connectivity index (χ2v) is 5.41. The second-order valence-electron chi connectivity index (χ2n) is 5.41. The number of nitrogens with one attached hydrogen (secondary N) is 1. The van der Waals surface area contributed by atoms with E-state index in [0.717, 1.165) is 18.0 Å². The molecule has 0 spiro atoms. The second kappa shape index (κ2) is 5.31. The Kier molecular flexibility index (Phi) is 4.04. The molecule has 2 nitrogen and oxygen atoms in total. The highest BCUT2D eigenvalue weighted by Gasteiger charge is 2.32. The maximum Gasteiger partial charge on any atom is 0.0601 e. The molecule has 0 amide bonds. The Balaban J connectivity index is 1.73. The first-order valence-electron chi connectivity index (χ1n) is 6.58. The van der Waals surface area contributed by atoms with E-state index in [9.17, 15) is 0 Å². The van der Waals surface area contributed by atoms with Crippen molar-refractivity contribution in [3.63, 3.8) is 0 Å². The summed E-state index contributed by atoms with van der Waals surface area (Å²) in [6, 6.07) is 1.51. The molecule has 0 saturated heterocycles. The van der Waals surface area contributed by atoms with E-state index in [0.29, 0.717) is 6.10 Å². The van der Waals surface area contributed by atoms with Crippen molar-refractivity contribution in [2.75, 3.05) is 7.11 Å². The van der Waals surface area contributed by atoms with Crippen LogP contribution in [0.25, 0.3) is 0 Å². The molecule has 0 aromatic heterocycles. The lowest BCUT2D eigenvalue weighted by Crippen LogP contribution is -2.50. The number of methoxy groups -OCH3 is 1. The van der Waals surface area contributed by atoms with Crippen molar-refractivity contribution in [3.05, 3.63) is 0 Å².